The number of anilines is 1. The fraction of sp³-hybridized carbons (Fsp3) is 0.478. The number of aromatic nitrogens is 1. The number of nitrogens with one attached hydrogen (secondary N) is 2. The average Bonchev–Trinajstić information content (AvgIpc) is 3.52. The van der Waals surface area contributed by atoms with Crippen molar-refractivity contribution in [1.29, 1.82) is 0 Å². The summed E-state index contributed by atoms with van der Waals surface area (Å²) in [4.78, 5) is 20.7. The molecular weight excluding hydrogens is 410 g/mol. The molecule has 4 N–H and O–H groups in total. The van der Waals surface area contributed by atoms with Crippen LogP contribution in [-0.4, -0.2) is 31.9 Å². The van der Waals surface area contributed by atoms with Gasteiger partial charge in [-0.1, -0.05) is 19.3 Å². The number of benzene rings is 1. The van der Waals surface area contributed by atoms with Gasteiger partial charge < -0.3 is 16.0 Å². The maximum absolute atomic E-state index is 12.7. The van der Waals surface area contributed by atoms with Gasteiger partial charge in [-0.25, -0.2) is 13.5 Å². The highest BCUT2D eigenvalue weighted by Crippen LogP contribution is 2.36. The minimum Gasteiger partial charge on any atom is -0.383 e. The lowest BCUT2D eigenvalue weighted by Crippen LogP contribution is -2.29. The van der Waals surface area contributed by atoms with E-state index in [0.29, 0.717) is 29.8 Å². The van der Waals surface area contributed by atoms with E-state index in [1.54, 1.807) is 6.20 Å². The summed E-state index contributed by atoms with van der Waals surface area (Å²) in [5, 5.41) is 3.51. The molecule has 0 radical (unpaired) electrons. The Kier molecular flexibility index (Phi) is 5.67. The molecule has 7 nitrogen and oxygen atoms in total. The number of hydrogen-bond donors (Lipinski definition) is 3. The summed E-state index contributed by atoms with van der Waals surface area (Å²) in [6, 6.07) is 7.86. The van der Waals surface area contributed by atoms with Crippen molar-refractivity contribution in [2.24, 2.45) is 16.6 Å². The van der Waals surface area contributed by atoms with Gasteiger partial charge in [0.05, 0.1) is 16.3 Å². The number of nitrogens with two attached hydrogens (primary N) is 1. The van der Waals surface area contributed by atoms with Gasteiger partial charge in [0.25, 0.3) is 5.56 Å². The molecule has 2 aromatic rings. The SMILES string of the molecule is NC(=Nc1ccc2c(c1)CN(CC1CC1)S2=O)c1c(NC2CCCCC2)cc[nH]c1=O. The molecule has 1 aromatic heterocycles. The predicted molar refractivity (Wildman–Crippen MR) is 124 cm³/mol. The Bertz CT molecular complexity index is 1090. The highest BCUT2D eigenvalue weighted by molar-refractivity contribution is 7.83. The van der Waals surface area contributed by atoms with Crippen molar-refractivity contribution in [1.82, 2.24) is 9.29 Å². The van der Waals surface area contributed by atoms with Gasteiger partial charge in [-0.3, -0.25) is 4.79 Å². The van der Waals surface area contributed by atoms with Crippen LogP contribution in [0.3, 0.4) is 0 Å². The summed E-state index contributed by atoms with van der Waals surface area (Å²) in [7, 11) is -1.10. The van der Waals surface area contributed by atoms with Crippen molar-refractivity contribution in [3.05, 3.63) is 51.9 Å². The second kappa shape index (κ2) is 8.59. The first-order chi connectivity index (χ1) is 15.1. The van der Waals surface area contributed by atoms with E-state index in [0.717, 1.165) is 35.5 Å². The van der Waals surface area contributed by atoms with Crippen LogP contribution in [0.25, 0.3) is 0 Å². The molecule has 1 aliphatic heterocycles. The minimum absolute atomic E-state index is 0.189. The number of fused-ring (bicyclic) bond motifs is 1. The van der Waals surface area contributed by atoms with E-state index < -0.39 is 11.0 Å². The maximum atomic E-state index is 12.7. The third kappa shape index (κ3) is 4.45. The molecule has 2 aliphatic carbocycles. The zero-order valence-corrected chi connectivity index (χ0v) is 18.4. The topological polar surface area (TPSA) is 104 Å². The predicted octanol–water partition coefficient (Wildman–Crippen LogP) is 3.40. The Labute approximate surface area is 184 Å². The van der Waals surface area contributed by atoms with Gasteiger partial charge in [0.15, 0.2) is 0 Å². The quantitative estimate of drug-likeness (QED) is 0.474. The monoisotopic (exact) mass is 439 g/mol. The van der Waals surface area contributed by atoms with Crippen molar-refractivity contribution in [3.8, 4) is 0 Å². The molecule has 2 fully saturated rings. The van der Waals surface area contributed by atoms with Gasteiger partial charge >= 0.3 is 0 Å². The first-order valence-corrected chi connectivity index (χ1v) is 12.3. The molecule has 0 spiro atoms. The fourth-order valence-corrected chi connectivity index (χ4v) is 5.97. The van der Waals surface area contributed by atoms with Gasteiger partial charge in [0, 0.05) is 25.3 Å². The van der Waals surface area contributed by atoms with E-state index >= 15 is 0 Å². The zero-order chi connectivity index (χ0) is 21.4. The number of hydrogen-bond acceptors (Lipinski definition) is 4. The van der Waals surface area contributed by atoms with E-state index in [2.05, 4.69) is 15.3 Å². The molecule has 2 heterocycles. The molecule has 1 unspecified atom stereocenters. The van der Waals surface area contributed by atoms with E-state index in [-0.39, 0.29) is 11.4 Å². The summed E-state index contributed by atoms with van der Waals surface area (Å²) < 4.78 is 14.8. The van der Waals surface area contributed by atoms with Crippen LogP contribution < -0.4 is 16.6 Å². The Hall–Kier alpha value is -2.45. The number of H-pyrrole nitrogens is 1. The maximum Gasteiger partial charge on any atom is 0.261 e. The van der Waals surface area contributed by atoms with Gasteiger partial charge in [0.1, 0.15) is 22.4 Å². The summed E-state index contributed by atoms with van der Waals surface area (Å²) in [5.74, 6) is 0.875. The molecule has 2 saturated carbocycles. The second-order valence-electron chi connectivity index (χ2n) is 8.88. The third-order valence-corrected chi connectivity index (χ3v) is 7.93. The number of aromatic amines is 1. The average molecular weight is 440 g/mol. The van der Waals surface area contributed by atoms with Crippen LogP contribution in [0, 0.1) is 5.92 Å². The number of amidine groups is 1. The Balaban J connectivity index is 1.39. The largest absolute Gasteiger partial charge is 0.383 e. The van der Waals surface area contributed by atoms with Crippen molar-refractivity contribution < 1.29 is 4.21 Å². The standard InChI is InChI=1S/C23H29N5O2S/c24-22(21-19(10-11-25-23(21)29)26-17-4-2-1-3-5-17)27-18-8-9-20-16(12-18)14-28(31(20)30)13-15-6-7-15/h8-12,15,17H,1-7,13-14H2,(H2,24,27)(H2,25,26,29). The summed E-state index contributed by atoms with van der Waals surface area (Å²) >= 11 is 0. The van der Waals surface area contributed by atoms with Crippen molar-refractivity contribution in [2.45, 2.75) is 62.4 Å². The molecule has 5 rings (SSSR count). The molecule has 31 heavy (non-hydrogen) atoms. The van der Waals surface area contributed by atoms with E-state index in [4.69, 9.17) is 5.73 Å². The summed E-state index contributed by atoms with van der Waals surface area (Å²) in [6.45, 7) is 1.56. The lowest BCUT2D eigenvalue weighted by molar-refractivity contribution is 0.435. The molecule has 0 amide bonds. The molecule has 164 valence electrons. The van der Waals surface area contributed by atoms with E-state index in [9.17, 15) is 9.00 Å². The summed E-state index contributed by atoms with van der Waals surface area (Å²) in [5.41, 5.74) is 8.89. The third-order valence-electron chi connectivity index (χ3n) is 6.40. The Morgan fingerprint density at radius 3 is 2.77 bits per heavy atom. The molecule has 1 atom stereocenters. The van der Waals surface area contributed by atoms with Crippen LogP contribution in [-0.2, 0) is 17.5 Å². The number of aliphatic imine (C=N–C) groups is 1. The Morgan fingerprint density at radius 1 is 1.19 bits per heavy atom. The fourth-order valence-electron chi connectivity index (χ4n) is 4.55. The smallest absolute Gasteiger partial charge is 0.261 e. The molecular formula is C23H29N5O2S. The molecule has 8 heteroatoms. The molecule has 0 saturated heterocycles. The van der Waals surface area contributed by atoms with Crippen molar-refractivity contribution in [3.63, 3.8) is 0 Å². The second-order valence-corrected chi connectivity index (χ2v) is 10.3. The van der Waals surface area contributed by atoms with Gasteiger partial charge in [-0.15, -0.1) is 0 Å². The van der Waals surface area contributed by atoms with Gasteiger partial charge in [0.2, 0.25) is 0 Å². The number of pyridine rings is 1. The van der Waals surface area contributed by atoms with Gasteiger partial charge in [-0.05, 0) is 61.4 Å². The Morgan fingerprint density at radius 2 is 2.00 bits per heavy atom. The first kappa shape index (κ1) is 20.5. The van der Waals surface area contributed by atoms with Crippen LogP contribution in [0.1, 0.15) is 56.1 Å². The number of rotatable bonds is 6. The lowest BCUT2D eigenvalue weighted by Gasteiger charge is -2.24. The highest BCUT2D eigenvalue weighted by Gasteiger charge is 2.32. The van der Waals surface area contributed by atoms with E-state index in [1.165, 1.54) is 32.1 Å². The van der Waals surface area contributed by atoms with Crippen LogP contribution >= 0.6 is 0 Å². The van der Waals surface area contributed by atoms with Crippen molar-refractivity contribution >= 4 is 28.2 Å². The first-order valence-electron chi connectivity index (χ1n) is 11.2. The normalized spacial score (nSPS) is 22.5. The summed E-state index contributed by atoms with van der Waals surface area (Å²) in [6.07, 6.45) is 9.99. The molecule has 0 bridgehead atoms. The van der Waals surface area contributed by atoms with Crippen LogP contribution in [0.4, 0.5) is 11.4 Å². The highest BCUT2D eigenvalue weighted by atomic mass is 32.2. The minimum atomic E-state index is -1.10. The lowest BCUT2D eigenvalue weighted by atomic mass is 9.95. The van der Waals surface area contributed by atoms with Gasteiger partial charge in [-0.2, -0.15) is 0 Å². The van der Waals surface area contributed by atoms with Crippen LogP contribution in [0.2, 0.25) is 0 Å². The zero-order valence-electron chi connectivity index (χ0n) is 17.6. The van der Waals surface area contributed by atoms with Crippen LogP contribution in [0.5, 0.6) is 0 Å². The number of nitrogens with zero attached hydrogens (tertiary/aromatic N) is 2. The molecule has 1 aromatic carbocycles. The molecule has 3 aliphatic rings. The van der Waals surface area contributed by atoms with E-state index in [1.807, 2.05) is 28.6 Å². The van der Waals surface area contributed by atoms with Crippen LogP contribution in [0.15, 0.2) is 45.1 Å². The van der Waals surface area contributed by atoms with Crippen molar-refractivity contribution in [2.75, 3.05) is 11.9 Å².